The quantitative estimate of drug-likeness (QED) is 0.379. The van der Waals surface area contributed by atoms with Crippen LogP contribution in [-0.4, -0.2) is 14.5 Å². The summed E-state index contributed by atoms with van der Waals surface area (Å²) in [6.07, 6.45) is 3.23. The maximum Gasteiger partial charge on any atom is 0.333 e. The largest absolute Gasteiger partial charge is 0.333 e. The van der Waals surface area contributed by atoms with Crippen LogP contribution < -0.4 is 11.2 Å². The molecule has 0 aliphatic heterocycles. The van der Waals surface area contributed by atoms with Crippen molar-refractivity contribution in [3.05, 3.63) is 91.3 Å². The molecule has 3 heterocycles. The number of aromatic nitrogens is 3. The Morgan fingerprint density at radius 3 is 2.67 bits per heavy atom. The van der Waals surface area contributed by atoms with E-state index in [2.05, 4.69) is 9.97 Å². The number of fused-ring (bicyclic) bond motifs is 2. The van der Waals surface area contributed by atoms with Gasteiger partial charge in [-0.3, -0.25) is 9.78 Å². The third-order valence-electron chi connectivity index (χ3n) is 4.96. The Balaban J connectivity index is 1.80. The Hall–Kier alpha value is -2.93. The first-order valence-corrected chi connectivity index (χ1v) is 10.6. The number of aryl methyl sites for hydroxylation is 1. The fourth-order valence-electron chi connectivity index (χ4n) is 3.64. The molecule has 0 atom stereocenters. The first-order chi connectivity index (χ1) is 14.4. The van der Waals surface area contributed by atoms with Crippen molar-refractivity contribution in [1.29, 1.82) is 0 Å². The Labute approximate surface area is 184 Å². The number of halogens is 2. The van der Waals surface area contributed by atoms with Crippen molar-refractivity contribution in [2.75, 3.05) is 0 Å². The fraction of sp³-hybridized carbons (Fsp3) is 0.0455. The van der Waals surface area contributed by atoms with Crippen LogP contribution in [0, 0.1) is 6.92 Å². The summed E-state index contributed by atoms with van der Waals surface area (Å²) in [4.78, 5) is 34.0. The van der Waals surface area contributed by atoms with E-state index in [0.717, 1.165) is 31.3 Å². The molecule has 5 nitrogen and oxygen atoms in total. The molecular formula is C22H13Cl2N3O2S. The third kappa shape index (κ3) is 2.96. The molecule has 3 aromatic heterocycles. The number of benzene rings is 2. The molecule has 8 heteroatoms. The molecule has 5 aromatic rings. The van der Waals surface area contributed by atoms with Gasteiger partial charge in [0.15, 0.2) is 0 Å². The van der Waals surface area contributed by atoms with Crippen molar-refractivity contribution in [3.8, 4) is 16.1 Å². The second-order valence-electron chi connectivity index (χ2n) is 6.88. The minimum atomic E-state index is -0.520. The predicted octanol–water partition coefficient (Wildman–Crippen LogP) is 5.57. The van der Waals surface area contributed by atoms with Crippen LogP contribution in [0.2, 0.25) is 10.0 Å². The van der Waals surface area contributed by atoms with E-state index in [0.29, 0.717) is 25.9 Å². The summed E-state index contributed by atoms with van der Waals surface area (Å²) in [6.45, 7) is 1.90. The van der Waals surface area contributed by atoms with Crippen LogP contribution >= 0.6 is 34.5 Å². The molecule has 0 spiro atoms. The average Bonchev–Trinajstić information content (AvgIpc) is 3.11. The summed E-state index contributed by atoms with van der Waals surface area (Å²) >= 11 is 13.8. The van der Waals surface area contributed by atoms with Gasteiger partial charge in [0.1, 0.15) is 4.70 Å². The zero-order chi connectivity index (χ0) is 21.0. The lowest BCUT2D eigenvalue weighted by atomic mass is 10.1. The van der Waals surface area contributed by atoms with Gasteiger partial charge in [-0.05, 0) is 30.7 Å². The average molecular weight is 454 g/mol. The van der Waals surface area contributed by atoms with Gasteiger partial charge in [-0.15, -0.1) is 11.3 Å². The highest BCUT2D eigenvalue weighted by Crippen LogP contribution is 2.39. The Kier molecular flexibility index (Phi) is 4.50. The molecule has 0 aliphatic carbocycles. The minimum absolute atomic E-state index is 0.397. The fourth-order valence-corrected chi connectivity index (χ4v) is 5.56. The predicted molar refractivity (Wildman–Crippen MR) is 124 cm³/mol. The zero-order valence-corrected chi connectivity index (χ0v) is 17.9. The normalized spacial score (nSPS) is 11.4. The number of H-pyrrole nitrogens is 1. The molecule has 5 rings (SSSR count). The van der Waals surface area contributed by atoms with Gasteiger partial charge < -0.3 is 4.98 Å². The number of pyridine rings is 1. The Morgan fingerprint density at radius 2 is 1.87 bits per heavy atom. The molecular weight excluding hydrogens is 441 g/mol. The molecule has 0 fully saturated rings. The highest BCUT2D eigenvalue weighted by atomic mass is 35.5. The topological polar surface area (TPSA) is 67.8 Å². The van der Waals surface area contributed by atoms with E-state index in [1.54, 1.807) is 18.3 Å². The molecule has 0 saturated heterocycles. The summed E-state index contributed by atoms with van der Waals surface area (Å²) < 4.78 is 1.57. The van der Waals surface area contributed by atoms with Crippen LogP contribution in [0.1, 0.15) is 5.56 Å². The molecule has 1 N–H and O–H groups in total. The van der Waals surface area contributed by atoms with E-state index in [-0.39, 0.29) is 0 Å². The van der Waals surface area contributed by atoms with Gasteiger partial charge in [0.2, 0.25) is 0 Å². The maximum atomic E-state index is 13.3. The number of hydrogen-bond acceptors (Lipinski definition) is 4. The van der Waals surface area contributed by atoms with Crippen molar-refractivity contribution in [2.45, 2.75) is 6.92 Å². The second-order valence-corrected chi connectivity index (χ2v) is 8.78. The highest BCUT2D eigenvalue weighted by Gasteiger charge is 2.18. The van der Waals surface area contributed by atoms with E-state index in [9.17, 15) is 9.59 Å². The first-order valence-electron chi connectivity index (χ1n) is 9.02. The summed E-state index contributed by atoms with van der Waals surface area (Å²) in [5.74, 6) is 0. The van der Waals surface area contributed by atoms with Crippen molar-refractivity contribution in [3.63, 3.8) is 0 Å². The summed E-state index contributed by atoms with van der Waals surface area (Å²) in [7, 11) is 0. The smallest absolute Gasteiger partial charge is 0.306 e. The van der Waals surface area contributed by atoms with Crippen LogP contribution in [0.5, 0.6) is 0 Å². The summed E-state index contributed by atoms with van der Waals surface area (Å²) in [5, 5.41) is 2.65. The number of hydrogen-bond donors (Lipinski definition) is 1. The highest BCUT2D eigenvalue weighted by molar-refractivity contribution is 7.22. The molecule has 0 unspecified atom stereocenters. The molecule has 0 amide bonds. The lowest BCUT2D eigenvalue weighted by Gasteiger charge is -2.07. The van der Waals surface area contributed by atoms with E-state index in [1.807, 2.05) is 37.3 Å². The van der Waals surface area contributed by atoms with Crippen molar-refractivity contribution >= 4 is 55.5 Å². The van der Waals surface area contributed by atoms with Crippen LogP contribution in [0.25, 0.3) is 37.1 Å². The van der Waals surface area contributed by atoms with Gasteiger partial charge >= 0.3 is 5.69 Å². The van der Waals surface area contributed by atoms with Crippen LogP contribution in [0.15, 0.2) is 64.4 Å². The summed E-state index contributed by atoms with van der Waals surface area (Å²) in [5.41, 5.74) is 1.68. The van der Waals surface area contributed by atoms with Gasteiger partial charge in [0, 0.05) is 32.4 Å². The lowest BCUT2D eigenvalue weighted by molar-refractivity contribution is 0.905. The monoisotopic (exact) mass is 453 g/mol. The van der Waals surface area contributed by atoms with Crippen molar-refractivity contribution in [1.82, 2.24) is 14.5 Å². The SMILES string of the molecule is Cc1cc(Cl)cc(Cl)c1-c1cc2[nH]c(=O)n(-c3cncc4ccccc34)c(=O)c2s1. The van der Waals surface area contributed by atoms with E-state index < -0.39 is 11.2 Å². The van der Waals surface area contributed by atoms with E-state index in [1.165, 1.54) is 17.5 Å². The molecule has 0 saturated carbocycles. The van der Waals surface area contributed by atoms with E-state index in [4.69, 9.17) is 23.2 Å². The van der Waals surface area contributed by atoms with Crippen LogP contribution in [0.3, 0.4) is 0 Å². The molecule has 0 aliphatic rings. The molecule has 148 valence electrons. The molecule has 0 radical (unpaired) electrons. The van der Waals surface area contributed by atoms with Gasteiger partial charge in [-0.2, -0.15) is 0 Å². The second kappa shape index (κ2) is 7.09. The van der Waals surface area contributed by atoms with Crippen LogP contribution in [0.4, 0.5) is 0 Å². The standard InChI is InChI=1S/C22H13Cl2N3O2S/c1-11-6-13(23)7-15(24)19(11)18-8-16-20(30-18)21(28)27(22(29)26-16)17-10-25-9-12-4-2-3-5-14(12)17/h2-10H,1H3,(H,26,29). The molecule has 30 heavy (non-hydrogen) atoms. The van der Waals surface area contributed by atoms with Gasteiger partial charge in [0.05, 0.1) is 22.4 Å². The molecule has 0 bridgehead atoms. The van der Waals surface area contributed by atoms with Gasteiger partial charge in [-0.1, -0.05) is 47.5 Å². The van der Waals surface area contributed by atoms with Crippen molar-refractivity contribution < 1.29 is 0 Å². The lowest BCUT2D eigenvalue weighted by Crippen LogP contribution is -2.33. The maximum absolute atomic E-state index is 13.3. The zero-order valence-electron chi connectivity index (χ0n) is 15.6. The van der Waals surface area contributed by atoms with Gasteiger partial charge in [-0.25, -0.2) is 9.36 Å². The molecule has 2 aromatic carbocycles. The van der Waals surface area contributed by atoms with Crippen molar-refractivity contribution in [2.24, 2.45) is 0 Å². The Morgan fingerprint density at radius 1 is 1.07 bits per heavy atom. The summed E-state index contributed by atoms with van der Waals surface area (Å²) in [6, 6.07) is 12.7. The van der Waals surface area contributed by atoms with E-state index >= 15 is 0 Å². The Bertz CT molecular complexity index is 1560. The number of aromatic amines is 1. The number of nitrogens with one attached hydrogen (secondary N) is 1. The minimum Gasteiger partial charge on any atom is -0.306 e. The number of nitrogens with zero attached hydrogens (tertiary/aromatic N) is 2. The number of thiophene rings is 1. The first kappa shape index (κ1) is 19.1. The third-order valence-corrected chi connectivity index (χ3v) is 6.62. The van der Waals surface area contributed by atoms with Gasteiger partial charge in [0.25, 0.3) is 5.56 Å². The van der Waals surface area contributed by atoms with Crippen LogP contribution in [-0.2, 0) is 0 Å². The number of rotatable bonds is 2.